The third-order valence-electron chi connectivity index (χ3n) is 24.4. The third-order valence-corrected chi connectivity index (χ3v) is 25.1. The molecule has 136 heavy (non-hydrogen) atoms. The van der Waals surface area contributed by atoms with Crippen molar-refractivity contribution in [2.75, 3.05) is 26.4 Å². The second-order valence-electron chi connectivity index (χ2n) is 34.7. The second kappa shape index (κ2) is 50.2. The number of hydrogen-bond acceptors (Lipinski definition) is 22. The van der Waals surface area contributed by atoms with E-state index in [1.54, 1.807) is 0 Å². The van der Waals surface area contributed by atoms with Crippen LogP contribution in [0.2, 0.25) is 0 Å². The number of ether oxygens (including phenoxy) is 10. The van der Waals surface area contributed by atoms with Gasteiger partial charge in [0.2, 0.25) is 47.1 Å². The van der Waals surface area contributed by atoms with Crippen molar-refractivity contribution in [1.82, 2.24) is 40.8 Å². The predicted octanol–water partition coefficient (Wildman–Crippen LogP) is 29.3. The molecular weight excluding hydrogens is 1770 g/mol. The van der Waals surface area contributed by atoms with Gasteiger partial charge in [0.25, 0.3) is 0 Å². The highest BCUT2D eigenvalue weighted by Gasteiger charge is 2.21. The molecule has 23 heteroatoms. The van der Waals surface area contributed by atoms with E-state index in [-0.39, 0.29) is 39.6 Å². The smallest absolute Gasteiger partial charge is 0.248 e. The molecule has 4 unspecified atom stereocenters. The van der Waals surface area contributed by atoms with Crippen LogP contribution < -0.4 is 47.4 Å². The van der Waals surface area contributed by atoms with Gasteiger partial charge in [0.15, 0.2) is 0 Å². The Hall–Kier alpha value is -13.5. The minimum atomic E-state index is 0.156. The number of alkyl halides is 1. The van der Waals surface area contributed by atoms with Crippen molar-refractivity contribution in [2.45, 2.75) is 203 Å². The SMILES string of the molecule is CCCCC(CC)COc1ccc(-c2nnc(-c3ccc(COc4cc(COc5cc(CBr)cc(OCc6cc(OCc7ccc(-c8nnc(-c9ccc(OCC(CC)CCCC)cc9)o8)cc7)cc(OCc7ccc(-c8nnc(-c9ccc(OCC(CC)CCCC)cc9)o8)cc7)c6)c5)cc(OCc5ccc(-c6nnc(-c7ccc(OCC(CC)CCCC)cc7)o6)cc5)c4)cc3)o2)cc1. The molecule has 11 aromatic carbocycles. The molecule has 22 nitrogen and oxygen atoms in total. The number of rotatable bonds is 55. The van der Waals surface area contributed by atoms with E-state index in [0.717, 1.165) is 132 Å². The van der Waals surface area contributed by atoms with Crippen molar-refractivity contribution in [3.05, 3.63) is 288 Å². The highest BCUT2D eigenvalue weighted by molar-refractivity contribution is 9.08. The van der Waals surface area contributed by atoms with Crippen molar-refractivity contribution in [1.29, 1.82) is 0 Å². The number of aromatic nitrogens is 8. The normalized spacial score (nSPS) is 12.2. The Morgan fingerprint density at radius 1 is 0.206 bits per heavy atom. The molecule has 15 rings (SSSR count). The van der Waals surface area contributed by atoms with E-state index < -0.39 is 0 Å². The van der Waals surface area contributed by atoms with Gasteiger partial charge in [-0.1, -0.05) is 197 Å². The molecule has 15 aromatic rings. The summed E-state index contributed by atoms with van der Waals surface area (Å²) in [4.78, 5) is 0. The Morgan fingerprint density at radius 3 is 0.559 bits per heavy atom. The summed E-state index contributed by atoms with van der Waals surface area (Å²) >= 11 is 3.73. The van der Waals surface area contributed by atoms with E-state index in [0.29, 0.717) is 137 Å². The molecule has 0 N–H and O–H groups in total. The molecule has 4 atom stereocenters. The molecule has 0 saturated carbocycles. The summed E-state index contributed by atoms with van der Waals surface area (Å²) in [6, 6.07) is 80.4. The van der Waals surface area contributed by atoms with Crippen LogP contribution in [0.4, 0.5) is 0 Å². The Balaban J connectivity index is 0.623. The first-order valence-electron chi connectivity index (χ1n) is 48.2. The van der Waals surface area contributed by atoms with Crippen molar-refractivity contribution in [3.63, 3.8) is 0 Å². The zero-order valence-corrected chi connectivity index (χ0v) is 80.8. The van der Waals surface area contributed by atoms with Gasteiger partial charge in [-0.2, -0.15) is 0 Å². The van der Waals surface area contributed by atoms with E-state index in [1.807, 2.05) is 249 Å². The molecular formula is C113H123BrN8O14. The minimum absolute atomic E-state index is 0.156. The highest BCUT2D eigenvalue weighted by atomic mass is 79.9. The zero-order chi connectivity index (χ0) is 94.0. The van der Waals surface area contributed by atoms with E-state index in [1.165, 1.54) is 77.0 Å². The summed E-state index contributed by atoms with van der Waals surface area (Å²) in [7, 11) is 0. The summed E-state index contributed by atoms with van der Waals surface area (Å²) in [5.41, 5.74) is 12.5. The molecule has 0 aliphatic rings. The average molecular weight is 1900 g/mol. The van der Waals surface area contributed by atoms with Gasteiger partial charge in [0.05, 0.1) is 26.4 Å². The van der Waals surface area contributed by atoms with E-state index in [4.69, 9.17) is 65.0 Å². The van der Waals surface area contributed by atoms with Gasteiger partial charge in [-0.05, 0) is 270 Å². The van der Waals surface area contributed by atoms with Gasteiger partial charge in [0, 0.05) is 68.0 Å². The zero-order valence-electron chi connectivity index (χ0n) is 79.2. The number of hydrogen-bond donors (Lipinski definition) is 0. The summed E-state index contributed by atoms with van der Waals surface area (Å²) in [6.07, 6.45) is 18.6. The molecule has 0 aliphatic heterocycles. The number of benzene rings is 11. The standard InChI is InChI=1S/C113H123BrN8O14/c1-9-17-21-77(13-5)67-123-96-49-41-92(42-50-96)110-119-115-106(133-110)88-33-25-81(26-34-88)71-127-102-59-86(60-103(64-102)128-72-82-27-35-89(36-28-82)107-116-120-111(134-107)93-43-51-97(52-44-93)124-68-78(14-6)22-18-10-2)75-131-100-57-85(66-114)58-101(63-100)132-76-87-61-104(129-73-83-29-37-90(38-30-83)108-117-121-112(135-108)94-45-53-98(54-46-94)125-69-79(15-7)23-19-11-3)65-105(62-87)130-74-84-31-39-91(40-32-84)109-118-122-113(136-109)95-47-55-99(56-48-95)126-70-80(16-8)24-20-12-4/h25-65,77-80H,9-24,66-76H2,1-8H3. The van der Waals surface area contributed by atoms with E-state index in [9.17, 15) is 0 Å². The lowest BCUT2D eigenvalue weighted by Gasteiger charge is -2.16. The topological polar surface area (TPSA) is 248 Å². The molecule has 0 spiro atoms. The Bertz CT molecular complexity index is 5420. The van der Waals surface area contributed by atoms with Crippen molar-refractivity contribution in [2.24, 2.45) is 23.7 Å². The summed E-state index contributed by atoms with van der Waals surface area (Å²) < 4.78 is 89.5. The fraction of sp³-hybridized carbons (Fsp3) is 0.345. The Kier molecular flexibility index (Phi) is 35.8. The van der Waals surface area contributed by atoms with Gasteiger partial charge < -0.3 is 65.0 Å². The van der Waals surface area contributed by atoms with Crippen LogP contribution in [0.5, 0.6) is 57.5 Å². The highest BCUT2D eigenvalue weighted by Crippen LogP contribution is 2.37. The molecule has 4 aromatic heterocycles. The lowest BCUT2D eigenvalue weighted by molar-refractivity contribution is 0.233. The van der Waals surface area contributed by atoms with Crippen LogP contribution in [0.25, 0.3) is 91.6 Å². The van der Waals surface area contributed by atoms with Crippen LogP contribution in [0.15, 0.2) is 266 Å². The lowest BCUT2D eigenvalue weighted by atomic mass is 10.0. The summed E-state index contributed by atoms with van der Waals surface area (Å²) in [5, 5.41) is 35.8. The van der Waals surface area contributed by atoms with E-state index >= 15 is 0 Å². The summed E-state index contributed by atoms with van der Waals surface area (Å²) in [6.45, 7) is 21.9. The summed E-state index contributed by atoms with van der Waals surface area (Å²) in [5.74, 6) is 12.2. The van der Waals surface area contributed by atoms with Crippen molar-refractivity contribution >= 4 is 15.9 Å². The molecule has 0 amide bonds. The lowest BCUT2D eigenvalue weighted by Crippen LogP contribution is -2.11. The molecule has 706 valence electrons. The molecule has 0 fully saturated rings. The number of nitrogens with zero attached hydrogens (tertiary/aromatic N) is 8. The van der Waals surface area contributed by atoms with Crippen LogP contribution in [0.1, 0.15) is 197 Å². The largest absolute Gasteiger partial charge is 0.493 e. The average Bonchev–Trinajstić information content (AvgIpc) is 1.66. The van der Waals surface area contributed by atoms with Gasteiger partial charge >= 0.3 is 0 Å². The third kappa shape index (κ3) is 28.3. The fourth-order valence-electron chi connectivity index (χ4n) is 15.7. The molecule has 0 saturated heterocycles. The van der Waals surface area contributed by atoms with Crippen molar-refractivity contribution in [3.8, 4) is 149 Å². The van der Waals surface area contributed by atoms with Crippen LogP contribution in [-0.2, 0) is 45.0 Å². The van der Waals surface area contributed by atoms with Crippen LogP contribution in [-0.4, -0.2) is 67.2 Å². The van der Waals surface area contributed by atoms with Gasteiger partial charge in [-0.3, -0.25) is 0 Å². The molecule has 0 radical (unpaired) electrons. The maximum atomic E-state index is 6.72. The first-order valence-corrected chi connectivity index (χ1v) is 49.3. The van der Waals surface area contributed by atoms with Gasteiger partial charge in [-0.25, -0.2) is 0 Å². The van der Waals surface area contributed by atoms with Gasteiger partial charge in [-0.15, -0.1) is 40.8 Å². The van der Waals surface area contributed by atoms with Gasteiger partial charge in [0.1, 0.15) is 97.1 Å². The molecule has 0 bridgehead atoms. The predicted molar refractivity (Wildman–Crippen MR) is 534 cm³/mol. The maximum Gasteiger partial charge on any atom is 0.248 e. The van der Waals surface area contributed by atoms with Crippen molar-refractivity contribution < 1.29 is 65.0 Å². The quantitative estimate of drug-likeness (QED) is 0.0321. The minimum Gasteiger partial charge on any atom is -0.493 e. The first kappa shape index (κ1) is 97.0. The first-order chi connectivity index (χ1) is 66.8. The number of halogens is 1. The van der Waals surface area contributed by atoms with Crippen LogP contribution >= 0.6 is 15.9 Å². The molecule has 0 aliphatic carbocycles. The molecule has 4 heterocycles. The van der Waals surface area contributed by atoms with Crippen LogP contribution in [0, 0.1) is 23.7 Å². The van der Waals surface area contributed by atoms with E-state index in [2.05, 4.69) is 112 Å². The monoisotopic (exact) mass is 1890 g/mol. The Morgan fingerprint density at radius 2 is 0.382 bits per heavy atom. The fourth-order valence-corrected chi connectivity index (χ4v) is 16.0. The number of unbranched alkanes of at least 4 members (excludes halogenated alkanes) is 4. The van der Waals surface area contributed by atoms with Crippen LogP contribution in [0.3, 0.4) is 0 Å². The Labute approximate surface area is 806 Å². The second-order valence-corrected chi connectivity index (χ2v) is 35.3. The maximum absolute atomic E-state index is 6.72.